The number of nitrogens with zero attached hydrogens (tertiary/aromatic N) is 2. The summed E-state index contributed by atoms with van der Waals surface area (Å²) < 4.78 is 56.7. The second-order valence-electron chi connectivity index (χ2n) is 19.0. The highest BCUT2D eigenvalue weighted by Crippen LogP contribution is 2.60. The second kappa shape index (κ2) is 35.0. The standard InChI is InChI=1S/C47H87N3O15P2/c1-37(2)28-24-20-16-12-10-8-6-5-7-9-11-13-18-22-26-30-42(51)60-34-39(63-43(52)31-27-23-19-15-14-17-21-25-29-38(3)4)35-61-66(56,57)65-67(58,59)62-36-40-44(53)45(54)46(64-40)50-33-32-41(48)49-47(50)55/h32-33,37-40,44-46,53-54H,5-31,34-36H2,1-4H3,(H,56,57)(H,58,59)(H2,48,49,55)/t39-,40-,44+,45?,46-/m1/s1. The van der Waals surface area contributed by atoms with Crippen LogP contribution in [0.15, 0.2) is 17.1 Å². The topological polar surface area (TPSA) is 265 Å². The van der Waals surface area contributed by atoms with E-state index in [0.29, 0.717) is 18.8 Å². The van der Waals surface area contributed by atoms with E-state index in [9.17, 15) is 43.5 Å². The fraction of sp³-hybridized carbons (Fsp3) is 0.872. The van der Waals surface area contributed by atoms with Gasteiger partial charge in [-0.2, -0.15) is 9.29 Å². The third-order valence-corrected chi connectivity index (χ3v) is 14.4. The summed E-state index contributed by atoms with van der Waals surface area (Å²) in [5.74, 6) is 0.236. The van der Waals surface area contributed by atoms with Crippen LogP contribution in [0.3, 0.4) is 0 Å². The number of hydrogen-bond donors (Lipinski definition) is 5. The minimum Gasteiger partial charge on any atom is -0.462 e. The molecule has 1 aromatic heterocycles. The maximum absolute atomic E-state index is 12.8. The highest BCUT2D eigenvalue weighted by molar-refractivity contribution is 7.61. The molecule has 18 nitrogen and oxygen atoms in total. The van der Waals surface area contributed by atoms with Crippen molar-refractivity contribution in [3.63, 3.8) is 0 Å². The molecule has 0 aromatic carbocycles. The molecule has 0 radical (unpaired) electrons. The number of aromatic nitrogens is 2. The Kier molecular flexibility index (Phi) is 31.8. The van der Waals surface area contributed by atoms with E-state index >= 15 is 0 Å². The molecule has 0 saturated carbocycles. The SMILES string of the molecule is CC(C)CCCCCCCCCCCCCCCCCC(=O)OC[C@H](COP(=O)(O)OP(=O)(O)OC[C@H]1O[C@@H](n2ccc(N)nc2=O)C(O)[C@H]1O)OC(=O)CCCCCCCCCCC(C)C. The lowest BCUT2D eigenvalue weighted by Gasteiger charge is -2.21. The van der Waals surface area contributed by atoms with Gasteiger partial charge < -0.3 is 39.9 Å². The lowest BCUT2D eigenvalue weighted by molar-refractivity contribution is -0.161. The molecule has 0 aliphatic carbocycles. The summed E-state index contributed by atoms with van der Waals surface area (Å²) in [6.07, 6.45) is 22.2. The van der Waals surface area contributed by atoms with Crippen LogP contribution in [-0.4, -0.2) is 85.7 Å². The van der Waals surface area contributed by atoms with E-state index in [1.165, 1.54) is 109 Å². The van der Waals surface area contributed by atoms with Gasteiger partial charge in [0.05, 0.1) is 13.2 Å². The molecule has 1 aliphatic rings. The summed E-state index contributed by atoms with van der Waals surface area (Å²) in [5.41, 5.74) is 4.59. The first-order chi connectivity index (χ1) is 31.9. The van der Waals surface area contributed by atoms with Crippen LogP contribution in [-0.2, 0) is 46.3 Å². The van der Waals surface area contributed by atoms with Crippen LogP contribution in [0, 0.1) is 11.8 Å². The summed E-state index contributed by atoms with van der Waals surface area (Å²) >= 11 is 0. The van der Waals surface area contributed by atoms with Gasteiger partial charge in [0.25, 0.3) is 0 Å². The molecular formula is C47H87N3O15P2. The molecule has 1 aliphatic heterocycles. The number of ether oxygens (including phenoxy) is 3. The maximum atomic E-state index is 12.8. The molecule has 0 amide bonds. The largest absolute Gasteiger partial charge is 0.481 e. The normalized spacial score (nSPS) is 19.7. The molecule has 390 valence electrons. The zero-order valence-corrected chi connectivity index (χ0v) is 42.8. The molecule has 7 atom stereocenters. The predicted molar refractivity (Wildman–Crippen MR) is 257 cm³/mol. The Balaban J connectivity index is 1.77. The molecule has 3 unspecified atom stereocenters. The first kappa shape index (κ1) is 60.9. The summed E-state index contributed by atoms with van der Waals surface area (Å²) in [4.78, 5) is 61.8. The number of esters is 2. The molecule has 0 spiro atoms. The molecule has 0 bridgehead atoms. The number of nitrogens with two attached hydrogens (primary N) is 1. The van der Waals surface area contributed by atoms with Crippen LogP contribution in [0.2, 0.25) is 0 Å². The highest BCUT2D eigenvalue weighted by atomic mass is 31.3. The Labute approximate surface area is 400 Å². The van der Waals surface area contributed by atoms with Crippen molar-refractivity contribution in [2.24, 2.45) is 11.8 Å². The second-order valence-corrected chi connectivity index (χ2v) is 22.0. The number of rotatable bonds is 41. The van der Waals surface area contributed by atoms with Crippen molar-refractivity contribution in [1.29, 1.82) is 0 Å². The van der Waals surface area contributed by atoms with Gasteiger partial charge in [0.1, 0.15) is 30.7 Å². The molecule has 1 aromatic rings. The van der Waals surface area contributed by atoms with Crippen molar-refractivity contribution in [2.45, 2.75) is 232 Å². The molecule has 2 heterocycles. The maximum Gasteiger partial charge on any atom is 0.481 e. The molecule has 67 heavy (non-hydrogen) atoms. The minimum atomic E-state index is -5.42. The van der Waals surface area contributed by atoms with E-state index in [2.05, 4.69) is 37.0 Å². The zero-order valence-electron chi connectivity index (χ0n) is 41.1. The lowest BCUT2D eigenvalue weighted by atomic mass is 10.0. The number of aliphatic hydroxyl groups is 2. The Bertz CT molecular complexity index is 1650. The van der Waals surface area contributed by atoms with Crippen LogP contribution in [0.4, 0.5) is 5.82 Å². The van der Waals surface area contributed by atoms with Crippen molar-refractivity contribution < 1.29 is 66.3 Å². The highest BCUT2D eigenvalue weighted by Gasteiger charge is 2.46. The molecular weight excluding hydrogens is 908 g/mol. The van der Waals surface area contributed by atoms with Crippen LogP contribution in [0.1, 0.15) is 207 Å². The lowest BCUT2D eigenvalue weighted by Crippen LogP contribution is -2.36. The summed E-state index contributed by atoms with van der Waals surface area (Å²) in [5, 5.41) is 20.9. The number of hydrogen-bond acceptors (Lipinski definition) is 15. The van der Waals surface area contributed by atoms with Gasteiger partial charge >= 0.3 is 33.3 Å². The number of nitrogen functional groups attached to an aromatic ring is 1. The number of phosphoric acid groups is 2. The van der Waals surface area contributed by atoms with Crippen molar-refractivity contribution in [3.8, 4) is 0 Å². The van der Waals surface area contributed by atoms with Crippen molar-refractivity contribution in [2.75, 3.05) is 25.6 Å². The first-order valence-corrected chi connectivity index (χ1v) is 28.3. The number of carbonyl (C=O) groups excluding carboxylic acids is 2. The number of phosphoric ester groups is 2. The van der Waals surface area contributed by atoms with E-state index in [1.54, 1.807) is 0 Å². The molecule has 6 N–H and O–H groups in total. The van der Waals surface area contributed by atoms with Crippen LogP contribution in [0.25, 0.3) is 0 Å². The van der Waals surface area contributed by atoms with E-state index in [1.807, 2.05) is 0 Å². The molecule has 1 saturated heterocycles. The van der Waals surface area contributed by atoms with Gasteiger partial charge in [0, 0.05) is 19.0 Å². The number of aliphatic hydroxyl groups excluding tert-OH is 2. The Morgan fingerprint density at radius 3 is 1.57 bits per heavy atom. The third kappa shape index (κ3) is 29.5. The number of anilines is 1. The molecule has 1 fully saturated rings. The van der Waals surface area contributed by atoms with Crippen LogP contribution < -0.4 is 11.4 Å². The predicted octanol–water partition coefficient (Wildman–Crippen LogP) is 10.00. The zero-order chi connectivity index (χ0) is 49.5. The third-order valence-electron chi connectivity index (χ3n) is 11.8. The fourth-order valence-electron chi connectivity index (χ4n) is 7.86. The van der Waals surface area contributed by atoms with Crippen molar-refractivity contribution >= 4 is 33.4 Å². The average Bonchev–Trinajstić information content (AvgIpc) is 3.53. The summed E-state index contributed by atoms with van der Waals surface area (Å²) in [6, 6.07) is 1.25. The van der Waals surface area contributed by atoms with Gasteiger partial charge in [-0.25, -0.2) is 13.9 Å². The van der Waals surface area contributed by atoms with E-state index in [4.69, 9.17) is 29.0 Å². The number of carbonyl (C=O) groups is 2. The first-order valence-electron chi connectivity index (χ1n) is 25.3. The van der Waals surface area contributed by atoms with Gasteiger partial charge in [-0.15, -0.1) is 0 Å². The van der Waals surface area contributed by atoms with Gasteiger partial charge in [-0.1, -0.05) is 175 Å². The van der Waals surface area contributed by atoms with Crippen LogP contribution in [0.5, 0.6) is 0 Å². The molecule has 2 rings (SSSR count). The molecule has 20 heteroatoms. The van der Waals surface area contributed by atoms with Crippen LogP contribution >= 0.6 is 15.6 Å². The quantitative estimate of drug-likeness (QED) is 0.0232. The summed E-state index contributed by atoms with van der Waals surface area (Å²) in [7, 11) is -10.8. The van der Waals surface area contributed by atoms with Gasteiger partial charge in [0.15, 0.2) is 12.3 Å². The van der Waals surface area contributed by atoms with E-state index in [-0.39, 0.29) is 18.7 Å². The van der Waals surface area contributed by atoms with Gasteiger partial charge in [-0.05, 0) is 30.7 Å². The Morgan fingerprint density at radius 1 is 0.672 bits per heavy atom. The summed E-state index contributed by atoms with van der Waals surface area (Å²) in [6.45, 7) is 6.75. The average molecular weight is 996 g/mol. The van der Waals surface area contributed by atoms with Gasteiger partial charge in [0.2, 0.25) is 0 Å². The Morgan fingerprint density at radius 2 is 1.10 bits per heavy atom. The number of unbranched alkanes of at least 4 members (excludes halogenated alkanes) is 21. The fourth-order valence-corrected chi connectivity index (χ4v) is 9.97. The monoisotopic (exact) mass is 996 g/mol. The Hall–Kier alpha value is -2.24. The van der Waals surface area contributed by atoms with E-state index in [0.717, 1.165) is 61.9 Å². The van der Waals surface area contributed by atoms with Crippen molar-refractivity contribution in [3.05, 3.63) is 22.7 Å². The van der Waals surface area contributed by atoms with Gasteiger partial charge in [-0.3, -0.25) is 23.2 Å². The van der Waals surface area contributed by atoms with E-state index < -0.39 is 83.7 Å². The minimum absolute atomic E-state index is 0.0543. The van der Waals surface area contributed by atoms with Crippen molar-refractivity contribution in [1.82, 2.24) is 9.55 Å². The smallest absolute Gasteiger partial charge is 0.462 e.